The van der Waals surface area contributed by atoms with Gasteiger partial charge in [-0.25, -0.2) is 4.79 Å². The summed E-state index contributed by atoms with van der Waals surface area (Å²) < 4.78 is 7.62. The zero-order valence-corrected chi connectivity index (χ0v) is 23.7. The number of rotatable bonds is 8. The van der Waals surface area contributed by atoms with E-state index in [2.05, 4.69) is 21.3 Å². The molecule has 0 atom stereocenters. The third-order valence-corrected chi connectivity index (χ3v) is 8.89. The Bertz CT molecular complexity index is 1650. The zero-order chi connectivity index (χ0) is 29.3. The molecule has 2 aliphatic rings. The van der Waals surface area contributed by atoms with Crippen molar-refractivity contribution >= 4 is 40.4 Å². The van der Waals surface area contributed by atoms with Crippen LogP contribution in [0, 0.1) is 0 Å². The molecule has 6 rings (SSSR count). The van der Waals surface area contributed by atoms with Crippen molar-refractivity contribution in [3.05, 3.63) is 83.8 Å². The van der Waals surface area contributed by atoms with Crippen LogP contribution in [0.25, 0.3) is 28.2 Å². The number of aliphatic carboxylic acids is 1. The minimum atomic E-state index is -1.02. The van der Waals surface area contributed by atoms with Crippen molar-refractivity contribution in [1.29, 1.82) is 0 Å². The number of nitrogens with one attached hydrogen (secondary N) is 2. The van der Waals surface area contributed by atoms with Crippen LogP contribution in [0.3, 0.4) is 0 Å². The standard InChI is InChI=1S/C34H35N3O5/c1-37-28-20-24(11-14-27(28)30(23-6-3-2-4-7-23)31(37)25-16-19-42-21-25)32(40)36-34(17-5-18-34)33(41)35-26-12-8-22(9-13-26)10-15-29(38)39/h8-16,19-21,23H,2-7,17-18H2,1H3,(H,35,41)(H,36,40)(H,38,39)/b15-10+. The molecule has 2 aromatic heterocycles. The van der Waals surface area contributed by atoms with Gasteiger partial charge in [-0.05, 0) is 85.6 Å². The van der Waals surface area contributed by atoms with Crippen LogP contribution in [0.2, 0.25) is 0 Å². The Morgan fingerprint density at radius 3 is 2.40 bits per heavy atom. The highest BCUT2D eigenvalue weighted by Gasteiger charge is 2.45. The molecular formula is C34H35N3O5. The molecule has 0 spiro atoms. The minimum Gasteiger partial charge on any atom is -0.478 e. The smallest absolute Gasteiger partial charge is 0.328 e. The number of carbonyl (C=O) groups is 3. The molecule has 2 saturated carbocycles. The molecule has 8 nitrogen and oxygen atoms in total. The van der Waals surface area contributed by atoms with E-state index in [0.717, 1.165) is 47.5 Å². The Morgan fingerprint density at radius 1 is 1.00 bits per heavy atom. The monoisotopic (exact) mass is 565 g/mol. The fraction of sp³-hybridized carbons (Fsp3) is 0.324. The summed E-state index contributed by atoms with van der Waals surface area (Å²) in [7, 11) is 2.04. The van der Waals surface area contributed by atoms with Gasteiger partial charge in [0.15, 0.2) is 0 Å². The van der Waals surface area contributed by atoms with E-state index in [0.29, 0.717) is 35.6 Å². The quantitative estimate of drug-likeness (QED) is 0.202. The van der Waals surface area contributed by atoms with Crippen LogP contribution in [0.1, 0.15) is 78.8 Å². The van der Waals surface area contributed by atoms with Gasteiger partial charge in [-0.1, -0.05) is 37.5 Å². The number of hydrogen-bond donors (Lipinski definition) is 3. The lowest BCUT2D eigenvalue weighted by Crippen LogP contribution is -2.61. The predicted octanol–water partition coefficient (Wildman–Crippen LogP) is 6.88. The van der Waals surface area contributed by atoms with Gasteiger partial charge < -0.3 is 24.7 Å². The number of fused-ring (bicyclic) bond motifs is 1. The number of hydrogen-bond acceptors (Lipinski definition) is 4. The fourth-order valence-corrected chi connectivity index (χ4v) is 6.48. The molecule has 42 heavy (non-hydrogen) atoms. The predicted molar refractivity (Wildman–Crippen MR) is 162 cm³/mol. The zero-order valence-electron chi connectivity index (χ0n) is 23.7. The molecule has 2 fully saturated rings. The van der Waals surface area contributed by atoms with Gasteiger partial charge in [0.05, 0.1) is 18.2 Å². The van der Waals surface area contributed by atoms with E-state index in [1.54, 1.807) is 36.8 Å². The maximum Gasteiger partial charge on any atom is 0.328 e. The van der Waals surface area contributed by atoms with E-state index in [9.17, 15) is 14.4 Å². The summed E-state index contributed by atoms with van der Waals surface area (Å²) >= 11 is 0. The van der Waals surface area contributed by atoms with Gasteiger partial charge in [0.1, 0.15) is 5.54 Å². The number of benzene rings is 2. The topological polar surface area (TPSA) is 114 Å². The molecule has 2 heterocycles. The van der Waals surface area contributed by atoms with Crippen molar-refractivity contribution in [2.75, 3.05) is 5.32 Å². The largest absolute Gasteiger partial charge is 0.478 e. The summed E-state index contributed by atoms with van der Waals surface area (Å²) in [6.07, 6.45) is 14.1. The van der Waals surface area contributed by atoms with Gasteiger partial charge in [0.2, 0.25) is 5.91 Å². The Labute approximate surface area is 244 Å². The van der Waals surface area contributed by atoms with Crippen molar-refractivity contribution in [2.45, 2.75) is 62.8 Å². The first-order valence-corrected chi connectivity index (χ1v) is 14.6. The number of nitrogens with zero attached hydrogens (tertiary/aromatic N) is 1. The lowest BCUT2D eigenvalue weighted by molar-refractivity contribution is -0.131. The summed E-state index contributed by atoms with van der Waals surface area (Å²) in [5.41, 5.74) is 5.34. The number of furan rings is 1. The van der Waals surface area contributed by atoms with Crippen molar-refractivity contribution < 1.29 is 23.9 Å². The van der Waals surface area contributed by atoms with Gasteiger partial charge >= 0.3 is 5.97 Å². The molecule has 3 N–H and O–H groups in total. The van der Waals surface area contributed by atoms with Gasteiger partial charge in [-0.2, -0.15) is 0 Å². The molecule has 0 bridgehead atoms. The number of carboxylic acids is 1. The number of carbonyl (C=O) groups excluding carboxylic acids is 2. The van der Waals surface area contributed by atoms with Gasteiger partial charge in [-0.15, -0.1) is 0 Å². The second-order valence-electron chi connectivity index (χ2n) is 11.5. The highest BCUT2D eigenvalue weighted by atomic mass is 16.4. The average Bonchev–Trinajstić information content (AvgIpc) is 3.61. The number of aromatic nitrogens is 1. The average molecular weight is 566 g/mol. The second-order valence-corrected chi connectivity index (χ2v) is 11.5. The van der Waals surface area contributed by atoms with Crippen molar-refractivity contribution in [3.8, 4) is 11.3 Å². The molecule has 4 aromatic rings. The second kappa shape index (κ2) is 11.4. The molecule has 2 amide bonds. The van der Waals surface area contributed by atoms with E-state index >= 15 is 0 Å². The van der Waals surface area contributed by atoms with Crippen molar-refractivity contribution in [2.24, 2.45) is 7.05 Å². The molecule has 0 saturated heterocycles. The van der Waals surface area contributed by atoms with E-state index in [1.807, 2.05) is 25.2 Å². The lowest BCUT2D eigenvalue weighted by atomic mass is 9.75. The normalized spacial score (nSPS) is 16.8. The van der Waals surface area contributed by atoms with Crippen LogP contribution < -0.4 is 10.6 Å². The third-order valence-electron chi connectivity index (χ3n) is 8.89. The van der Waals surface area contributed by atoms with Crippen molar-refractivity contribution in [1.82, 2.24) is 9.88 Å². The molecule has 2 aliphatic carbocycles. The van der Waals surface area contributed by atoms with Crippen LogP contribution in [-0.4, -0.2) is 33.0 Å². The van der Waals surface area contributed by atoms with Gasteiger partial charge in [-0.3, -0.25) is 9.59 Å². The Balaban J connectivity index is 1.24. The molecule has 0 aliphatic heterocycles. The molecular weight excluding hydrogens is 530 g/mol. The first kappa shape index (κ1) is 27.6. The first-order chi connectivity index (χ1) is 20.3. The lowest BCUT2D eigenvalue weighted by Gasteiger charge is -2.40. The van der Waals surface area contributed by atoms with Crippen LogP contribution in [0.15, 0.2) is 71.6 Å². The summed E-state index contributed by atoms with van der Waals surface area (Å²) in [4.78, 5) is 37.7. The highest BCUT2D eigenvalue weighted by molar-refractivity contribution is 6.06. The van der Waals surface area contributed by atoms with Gasteiger partial charge in [0, 0.05) is 40.8 Å². The van der Waals surface area contributed by atoms with Crippen LogP contribution >= 0.6 is 0 Å². The van der Waals surface area contributed by atoms with Crippen molar-refractivity contribution in [3.63, 3.8) is 0 Å². The summed E-state index contributed by atoms with van der Waals surface area (Å²) in [6, 6.07) is 14.8. The third kappa shape index (κ3) is 5.24. The fourth-order valence-electron chi connectivity index (χ4n) is 6.48. The number of anilines is 1. The van der Waals surface area contributed by atoms with Crippen LogP contribution in [0.5, 0.6) is 0 Å². The van der Waals surface area contributed by atoms with E-state index in [4.69, 9.17) is 9.52 Å². The molecule has 0 unspecified atom stereocenters. The first-order valence-electron chi connectivity index (χ1n) is 14.6. The minimum absolute atomic E-state index is 0.252. The Hall–Kier alpha value is -4.59. The molecule has 2 aromatic carbocycles. The molecule has 8 heteroatoms. The van der Waals surface area contributed by atoms with E-state index in [1.165, 1.54) is 30.9 Å². The van der Waals surface area contributed by atoms with E-state index in [-0.39, 0.29) is 11.8 Å². The molecule has 0 radical (unpaired) electrons. The molecule has 216 valence electrons. The maximum absolute atomic E-state index is 13.6. The Morgan fingerprint density at radius 2 is 1.76 bits per heavy atom. The summed E-state index contributed by atoms with van der Waals surface area (Å²) in [6.45, 7) is 0. The number of carboxylic acid groups (broad SMARTS) is 1. The summed E-state index contributed by atoms with van der Waals surface area (Å²) in [5.74, 6) is -1.08. The SMILES string of the molecule is Cn1c(-c2ccoc2)c(C2CCCCC2)c2ccc(C(=O)NC3(C(=O)Nc4ccc(/C=C/C(=O)O)cc4)CCC3)cc21. The highest BCUT2D eigenvalue weighted by Crippen LogP contribution is 2.44. The van der Waals surface area contributed by atoms with Crippen LogP contribution in [-0.2, 0) is 16.6 Å². The van der Waals surface area contributed by atoms with Gasteiger partial charge in [0.25, 0.3) is 5.91 Å². The number of aryl methyl sites for hydroxylation is 1. The van der Waals surface area contributed by atoms with Crippen LogP contribution in [0.4, 0.5) is 5.69 Å². The maximum atomic E-state index is 13.6. The van der Waals surface area contributed by atoms with E-state index < -0.39 is 11.5 Å². The summed E-state index contributed by atoms with van der Waals surface area (Å²) in [5, 5.41) is 16.0. The Kier molecular flexibility index (Phi) is 7.45. The number of amides is 2.